The number of nitrogens with zero attached hydrogens (tertiary/aromatic N) is 5. The maximum Gasteiger partial charge on any atom is 0.309 e. The second-order valence-electron chi connectivity index (χ2n) is 6.47. The molecule has 2 aliphatic rings. The number of esters is 1. The SMILES string of the molecule is CCOC(=O)C1CCN(C(=O)CSc2nnnn2CC2CCCO2)CC1. The van der Waals surface area contributed by atoms with Gasteiger partial charge in [-0.2, -0.15) is 0 Å². The molecule has 0 aromatic carbocycles. The number of hydrogen-bond donors (Lipinski definition) is 0. The maximum atomic E-state index is 12.4. The van der Waals surface area contributed by atoms with Gasteiger partial charge in [0.1, 0.15) is 0 Å². The highest BCUT2D eigenvalue weighted by Crippen LogP contribution is 2.22. The molecule has 144 valence electrons. The number of rotatable bonds is 7. The zero-order valence-electron chi connectivity index (χ0n) is 15.0. The van der Waals surface area contributed by atoms with E-state index in [9.17, 15) is 9.59 Å². The van der Waals surface area contributed by atoms with Crippen molar-refractivity contribution >= 4 is 23.6 Å². The lowest BCUT2D eigenvalue weighted by molar-refractivity contribution is -0.151. The summed E-state index contributed by atoms with van der Waals surface area (Å²) < 4.78 is 12.4. The van der Waals surface area contributed by atoms with E-state index in [4.69, 9.17) is 9.47 Å². The average Bonchev–Trinajstić information content (AvgIpc) is 3.32. The lowest BCUT2D eigenvalue weighted by atomic mass is 9.97. The monoisotopic (exact) mass is 383 g/mol. The van der Waals surface area contributed by atoms with Gasteiger partial charge in [-0.05, 0) is 43.0 Å². The van der Waals surface area contributed by atoms with Crippen LogP contribution < -0.4 is 0 Å². The Morgan fingerprint density at radius 2 is 2.12 bits per heavy atom. The summed E-state index contributed by atoms with van der Waals surface area (Å²) in [5.41, 5.74) is 0. The number of piperidine rings is 1. The Labute approximate surface area is 156 Å². The number of thioether (sulfide) groups is 1. The molecule has 0 radical (unpaired) electrons. The van der Waals surface area contributed by atoms with Gasteiger partial charge < -0.3 is 14.4 Å². The van der Waals surface area contributed by atoms with Crippen LogP contribution in [0, 0.1) is 5.92 Å². The summed E-state index contributed by atoms with van der Waals surface area (Å²) in [6.45, 7) is 4.78. The van der Waals surface area contributed by atoms with Crippen LogP contribution in [-0.4, -0.2) is 75.1 Å². The molecule has 1 unspecified atom stereocenters. The number of tetrazole rings is 1. The van der Waals surface area contributed by atoms with E-state index >= 15 is 0 Å². The molecule has 0 saturated carbocycles. The average molecular weight is 383 g/mol. The minimum Gasteiger partial charge on any atom is -0.466 e. The molecule has 2 fully saturated rings. The van der Waals surface area contributed by atoms with Crippen molar-refractivity contribution in [3.63, 3.8) is 0 Å². The van der Waals surface area contributed by atoms with Gasteiger partial charge in [-0.25, -0.2) is 4.68 Å². The quantitative estimate of drug-likeness (QED) is 0.502. The molecule has 2 saturated heterocycles. The number of carbonyl (C=O) groups excluding carboxylic acids is 2. The van der Waals surface area contributed by atoms with Crippen LogP contribution in [0.5, 0.6) is 0 Å². The van der Waals surface area contributed by atoms with E-state index in [1.54, 1.807) is 16.5 Å². The normalized spacial score (nSPS) is 21.1. The van der Waals surface area contributed by atoms with Crippen molar-refractivity contribution in [2.24, 2.45) is 5.92 Å². The third kappa shape index (κ3) is 4.94. The van der Waals surface area contributed by atoms with Crippen LogP contribution in [0.1, 0.15) is 32.6 Å². The van der Waals surface area contributed by atoms with Gasteiger partial charge in [0.15, 0.2) is 0 Å². The Hall–Kier alpha value is -1.68. The Balaban J connectivity index is 1.43. The first kappa shape index (κ1) is 19.1. The van der Waals surface area contributed by atoms with Crippen molar-refractivity contribution in [3.05, 3.63) is 0 Å². The number of amides is 1. The van der Waals surface area contributed by atoms with Crippen LogP contribution in [0.2, 0.25) is 0 Å². The number of ether oxygens (including phenoxy) is 2. The molecule has 0 N–H and O–H groups in total. The predicted octanol–water partition coefficient (Wildman–Crippen LogP) is 0.746. The van der Waals surface area contributed by atoms with E-state index in [1.165, 1.54) is 11.8 Å². The van der Waals surface area contributed by atoms with Gasteiger partial charge in [-0.3, -0.25) is 9.59 Å². The molecule has 26 heavy (non-hydrogen) atoms. The van der Waals surface area contributed by atoms with Gasteiger partial charge in [-0.15, -0.1) is 5.10 Å². The Bertz CT molecular complexity index is 612. The van der Waals surface area contributed by atoms with E-state index in [-0.39, 0.29) is 29.7 Å². The molecule has 1 atom stereocenters. The van der Waals surface area contributed by atoms with Gasteiger partial charge in [0.2, 0.25) is 11.1 Å². The topological polar surface area (TPSA) is 99.4 Å². The van der Waals surface area contributed by atoms with Crippen molar-refractivity contribution in [1.82, 2.24) is 25.1 Å². The number of aromatic nitrogens is 4. The zero-order valence-corrected chi connectivity index (χ0v) is 15.8. The molecule has 0 bridgehead atoms. The van der Waals surface area contributed by atoms with Gasteiger partial charge in [0.25, 0.3) is 0 Å². The summed E-state index contributed by atoms with van der Waals surface area (Å²) in [6, 6.07) is 0. The summed E-state index contributed by atoms with van der Waals surface area (Å²) in [7, 11) is 0. The molecule has 0 aliphatic carbocycles. The minimum absolute atomic E-state index is 0.0453. The predicted molar refractivity (Wildman–Crippen MR) is 93.5 cm³/mol. The van der Waals surface area contributed by atoms with Crippen LogP contribution in [0.25, 0.3) is 0 Å². The van der Waals surface area contributed by atoms with Crippen LogP contribution >= 0.6 is 11.8 Å². The van der Waals surface area contributed by atoms with E-state index in [1.807, 2.05) is 0 Å². The van der Waals surface area contributed by atoms with Crippen LogP contribution in [0.15, 0.2) is 5.16 Å². The standard InChI is InChI=1S/C16H25N5O4S/c1-2-24-15(23)12-5-7-20(8-6-12)14(22)11-26-16-17-18-19-21(16)10-13-4-3-9-25-13/h12-13H,2-11H2,1H3. The van der Waals surface area contributed by atoms with Gasteiger partial charge >= 0.3 is 5.97 Å². The summed E-state index contributed by atoms with van der Waals surface area (Å²) in [4.78, 5) is 26.0. The number of hydrogen-bond acceptors (Lipinski definition) is 8. The van der Waals surface area contributed by atoms with E-state index in [0.717, 1.165) is 19.4 Å². The highest BCUT2D eigenvalue weighted by Gasteiger charge is 2.28. The van der Waals surface area contributed by atoms with Crippen LogP contribution in [0.4, 0.5) is 0 Å². The fourth-order valence-corrected chi connectivity index (χ4v) is 4.03. The fourth-order valence-electron chi connectivity index (χ4n) is 3.24. The van der Waals surface area contributed by atoms with Crippen molar-refractivity contribution in [3.8, 4) is 0 Å². The largest absolute Gasteiger partial charge is 0.466 e. The van der Waals surface area contributed by atoms with Crippen LogP contribution in [0.3, 0.4) is 0 Å². The highest BCUT2D eigenvalue weighted by atomic mass is 32.2. The zero-order chi connectivity index (χ0) is 18.4. The molecule has 1 aromatic rings. The first-order valence-electron chi connectivity index (χ1n) is 9.12. The van der Waals surface area contributed by atoms with Gasteiger partial charge in [0.05, 0.1) is 30.9 Å². The van der Waals surface area contributed by atoms with Gasteiger partial charge in [0, 0.05) is 19.7 Å². The molecule has 1 amide bonds. The van der Waals surface area contributed by atoms with Crippen molar-refractivity contribution < 1.29 is 19.1 Å². The summed E-state index contributed by atoms with van der Waals surface area (Å²) >= 11 is 1.34. The fraction of sp³-hybridized carbons (Fsp3) is 0.812. The molecular formula is C16H25N5O4S. The van der Waals surface area contributed by atoms with E-state index in [2.05, 4.69) is 15.5 Å². The molecule has 1 aromatic heterocycles. The van der Waals surface area contributed by atoms with Crippen molar-refractivity contribution in [1.29, 1.82) is 0 Å². The van der Waals surface area contributed by atoms with Gasteiger partial charge in [-0.1, -0.05) is 11.8 Å². The Morgan fingerprint density at radius 3 is 2.81 bits per heavy atom. The second kappa shape index (κ2) is 9.31. The lowest BCUT2D eigenvalue weighted by Crippen LogP contribution is -2.41. The first-order valence-corrected chi connectivity index (χ1v) is 10.1. The lowest BCUT2D eigenvalue weighted by Gasteiger charge is -2.30. The molecule has 0 spiro atoms. The Kier molecular flexibility index (Phi) is 6.84. The summed E-state index contributed by atoms with van der Waals surface area (Å²) in [6.07, 6.45) is 3.54. The summed E-state index contributed by atoms with van der Waals surface area (Å²) in [5, 5.41) is 12.3. The van der Waals surface area contributed by atoms with Crippen molar-refractivity contribution in [2.75, 3.05) is 32.1 Å². The van der Waals surface area contributed by atoms with E-state index < -0.39 is 0 Å². The first-order chi connectivity index (χ1) is 12.7. The molecule has 3 heterocycles. The minimum atomic E-state index is -0.151. The van der Waals surface area contributed by atoms with Crippen LogP contribution in [-0.2, 0) is 25.6 Å². The number of likely N-dealkylation sites (tertiary alicyclic amines) is 1. The molecule has 9 nitrogen and oxygen atoms in total. The third-order valence-corrected chi connectivity index (χ3v) is 5.63. The van der Waals surface area contributed by atoms with E-state index in [0.29, 0.717) is 44.2 Å². The number of carbonyl (C=O) groups is 2. The highest BCUT2D eigenvalue weighted by molar-refractivity contribution is 7.99. The summed E-state index contributed by atoms with van der Waals surface area (Å²) in [5.74, 6) is 0.0901. The smallest absolute Gasteiger partial charge is 0.309 e. The maximum absolute atomic E-state index is 12.4. The van der Waals surface area contributed by atoms with Crippen molar-refractivity contribution in [2.45, 2.75) is 50.4 Å². The molecule has 3 rings (SSSR count). The second-order valence-corrected chi connectivity index (χ2v) is 7.42. The molecule has 2 aliphatic heterocycles. The molecule has 10 heteroatoms. The molecular weight excluding hydrogens is 358 g/mol. The third-order valence-electron chi connectivity index (χ3n) is 4.69. The Morgan fingerprint density at radius 1 is 1.31 bits per heavy atom.